The van der Waals surface area contributed by atoms with Crippen LogP contribution in [0.25, 0.3) is 0 Å². The Morgan fingerprint density at radius 2 is 1.54 bits per heavy atom. The van der Waals surface area contributed by atoms with Crippen molar-refractivity contribution in [1.29, 1.82) is 0 Å². The highest BCUT2D eigenvalue weighted by atomic mass is 32.2. The minimum atomic E-state index is -3.49. The zero-order valence-electron chi connectivity index (χ0n) is 13.5. The minimum absolute atomic E-state index is 0.0418. The average Bonchev–Trinajstić information content (AvgIpc) is 2.61. The first-order chi connectivity index (χ1) is 11.5. The molecule has 2 aromatic carbocycles. The number of carbonyl (C=O) groups excluding carboxylic acids is 1. The summed E-state index contributed by atoms with van der Waals surface area (Å²) in [5, 5.41) is 5.25. The highest BCUT2D eigenvalue weighted by Gasteiger charge is 2.18. The van der Waals surface area contributed by atoms with Crippen LogP contribution in [0.4, 0.5) is 10.5 Å². The van der Waals surface area contributed by atoms with Crippen LogP contribution in [0.3, 0.4) is 0 Å². The van der Waals surface area contributed by atoms with Crippen molar-refractivity contribution < 1.29 is 13.2 Å². The van der Waals surface area contributed by atoms with Gasteiger partial charge in [0.15, 0.2) is 0 Å². The molecule has 2 N–H and O–H groups in total. The van der Waals surface area contributed by atoms with Gasteiger partial charge in [0.2, 0.25) is 10.0 Å². The van der Waals surface area contributed by atoms with E-state index in [0.717, 1.165) is 5.56 Å². The molecule has 0 heterocycles. The fraction of sp³-hybridized carbons (Fsp3) is 0.235. The first-order valence-electron chi connectivity index (χ1n) is 7.56. The number of amides is 2. The number of hydrogen-bond donors (Lipinski definition) is 2. The van der Waals surface area contributed by atoms with Gasteiger partial charge in [0.25, 0.3) is 0 Å². The summed E-state index contributed by atoms with van der Waals surface area (Å²) < 4.78 is 25.7. The first-order valence-corrected chi connectivity index (χ1v) is 9.17. The third-order valence-corrected chi connectivity index (χ3v) is 5.24. The Bertz CT molecular complexity index is 749. The summed E-state index contributed by atoms with van der Waals surface area (Å²) >= 11 is 0. The number of carbonyl (C=O) groups is 1. The molecule has 128 valence electrons. The number of nitrogens with zero attached hydrogens (tertiary/aromatic N) is 1. The number of sulfonamides is 1. The predicted molar refractivity (Wildman–Crippen MR) is 95.3 cm³/mol. The predicted octanol–water partition coefficient (Wildman–Crippen LogP) is 1.95. The number of urea groups is 1. The Balaban J connectivity index is 1.77. The van der Waals surface area contributed by atoms with Crippen LogP contribution in [0.1, 0.15) is 5.56 Å². The molecule has 0 aliphatic heterocycles. The molecule has 24 heavy (non-hydrogen) atoms. The third kappa shape index (κ3) is 5.27. The van der Waals surface area contributed by atoms with E-state index in [1.807, 2.05) is 36.4 Å². The van der Waals surface area contributed by atoms with Crippen LogP contribution in [0.15, 0.2) is 60.7 Å². The van der Waals surface area contributed by atoms with Gasteiger partial charge in [0.05, 0.1) is 11.4 Å². The third-order valence-electron chi connectivity index (χ3n) is 3.48. The Morgan fingerprint density at radius 1 is 0.958 bits per heavy atom. The molecule has 0 aliphatic rings. The van der Waals surface area contributed by atoms with Gasteiger partial charge in [-0.15, -0.1) is 0 Å². The van der Waals surface area contributed by atoms with E-state index in [1.54, 1.807) is 24.3 Å². The van der Waals surface area contributed by atoms with E-state index in [0.29, 0.717) is 12.2 Å². The molecular weight excluding hydrogens is 326 g/mol. The van der Waals surface area contributed by atoms with Crippen molar-refractivity contribution >= 4 is 21.7 Å². The summed E-state index contributed by atoms with van der Waals surface area (Å²) in [6, 6.07) is 17.9. The Morgan fingerprint density at radius 3 is 2.17 bits per heavy atom. The standard InChI is InChI=1S/C17H21N3O3S/c1-20(16-10-6-3-7-11-16)24(22,23)13-12-18-17(21)19-14-15-8-4-2-5-9-15/h2-11H,12-14H2,1H3,(H2,18,19,21). The largest absolute Gasteiger partial charge is 0.337 e. The van der Waals surface area contributed by atoms with Crippen LogP contribution < -0.4 is 14.9 Å². The zero-order valence-corrected chi connectivity index (χ0v) is 14.3. The zero-order chi connectivity index (χ0) is 17.4. The molecule has 0 fully saturated rings. The lowest BCUT2D eigenvalue weighted by atomic mass is 10.2. The summed E-state index contributed by atoms with van der Waals surface area (Å²) in [4.78, 5) is 11.7. The number of nitrogens with one attached hydrogen (secondary N) is 2. The molecule has 7 heteroatoms. The van der Waals surface area contributed by atoms with E-state index in [-0.39, 0.29) is 12.3 Å². The fourth-order valence-electron chi connectivity index (χ4n) is 2.07. The normalized spacial score (nSPS) is 10.9. The lowest BCUT2D eigenvalue weighted by Crippen LogP contribution is -2.40. The second-order valence-electron chi connectivity index (χ2n) is 5.21. The Labute approximate surface area is 142 Å². The number of benzene rings is 2. The van der Waals surface area contributed by atoms with Crippen molar-refractivity contribution in [3.63, 3.8) is 0 Å². The first kappa shape index (κ1) is 17.8. The van der Waals surface area contributed by atoms with Crippen LogP contribution in [-0.2, 0) is 16.6 Å². The average molecular weight is 347 g/mol. The summed E-state index contributed by atoms with van der Waals surface area (Å²) in [5.41, 5.74) is 1.56. The Hall–Kier alpha value is -2.54. The van der Waals surface area contributed by atoms with E-state index >= 15 is 0 Å². The molecule has 0 saturated heterocycles. The van der Waals surface area contributed by atoms with Gasteiger partial charge in [-0.05, 0) is 17.7 Å². The van der Waals surface area contributed by atoms with Crippen LogP contribution in [0.2, 0.25) is 0 Å². The maximum Gasteiger partial charge on any atom is 0.315 e. The van der Waals surface area contributed by atoms with Crippen LogP contribution in [0.5, 0.6) is 0 Å². The van der Waals surface area contributed by atoms with E-state index in [1.165, 1.54) is 11.4 Å². The smallest absolute Gasteiger partial charge is 0.315 e. The number of para-hydroxylation sites is 1. The molecule has 2 aromatic rings. The fourth-order valence-corrected chi connectivity index (χ4v) is 3.15. The molecule has 2 amide bonds. The lowest BCUT2D eigenvalue weighted by molar-refractivity contribution is 0.241. The minimum Gasteiger partial charge on any atom is -0.337 e. The second kappa shape index (κ2) is 8.35. The molecule has 2 rings (SSSR count). The van der Waals surface area contributed by atoms with Crippen molar-refractivity contribution in [2.45, 2.75) is 6.54 Å². The summed E-state index contributed by atoms with van der Waals surface area (Å²) in [6.45, 7) is 0.434. The maximum absolute atomic E-state index is 12.2. The molecular formula is C17H21N3O3S. The van der Waals surface area contributed by atoms with Gasteiger partial charge in [-0.3, -0.25) is 4.31 Å². The van der Waals surface area contributed by atoms with E-state index < -0.39 is 16.1 Å². The van der Waals surface area contributed by atoms with Gasteiger partial charge in [-0.25, -0.2) is 13.2 Å². The topological polar surface area (TPSA) is 78.5 Å². The van der Waals surface area contributed by atoms with E-state index in [9.17, 15) is 13.2 Å². The quantitative estimate of drug-likeness (QED) is 0.803. The summed E-state index contributed by atoms with van der Waals surface area (Å²) in [5.74, 6) is -0.169. The number of rotatable bonds is 7. The van der Waals surface area contributed by atoms with Crippen LogP contribution >= 0.6 is 0 Å². The molecule has 0 aliphatic carbocycles. The van der Waals surface area contributed by atoms with Gasteiger partial charge < -0.3 is 10.6 Å². The highest BCUT2D eigenvalue weighted by molar-refractivity contribution is 7.92. The molecule has 0 saturated carbocycles. The molecule has 6 nitrogen and oxygen atoms in total. The van der Waals surface area contributed by atoms with E-state index in [2.05, 4.69) is 10.6 Å². The molecule has 0 atom stereocenters. The Kier molecular flexibility index (Phi) is 6.20. The lowest BCUT2D eigenvalue weighted by Gasteiger charge is -2.19. The molecule has 0 spiro atoms. The molecule has 0 aromatic heterocycles. The van der Waals surface area contributed by atoms with Crippen LogP contribution in [-0.4, -0.2) is 33.8 Å². The van der Waals surface area contributed by atoms with Crippen LogP contribution in [0, 0.1) is 0 Å². The van der Waals surface area contributed by atoms with Gasteiger partial charge in [-0.1, -0.05) is 48.5 Å². The summed E-state index contributed by atoms with van der Waals surface area (Å²) in [7, 11) is -1.99. The van der Waals surface area contributed by atoms with Gasteiger partial charge in [0.1, 0.15) is 0 Å². The molecule has 0 radical (unpaired) electrons. The van der Waals surface area contributed by atoms with Crippen molar-refractivity contribution in [2.75, 3.05) is 23.7 Å². The monoisotopic (exact) mass is 347 g/mol. The van der Waals surface area contributed by atoms with Gasteiger partial charge in [0, 0.05) is 20.1 Å². The highest BCUT2D eigenvalue weighted by Crippen LogP contribution is 2.14. The number of hydrogen-bond acceptors (Lipinski definition) is 3. The van der Waals surface area contributed by atoms with Gasteiger partial charge >= 0.3 is 6.03 Å². The number of anilines is 1. The van der Waals surface area contributed by atoms with Crippen molar-refractivity contribution in [3.05, 3.63) is 66.2 Å². The second-order valence-corrected chi connectivity index (χ2v) is 7.33. The van der Waals surface area contributed by atoms with Crippen molar-refractivity contribution in [2.24, 2.45) is 0 Å². The SMILES string of the molecule is CN(c1ccccc1)S(=O)(=O)CCNC(=O)NCc1ccccc1. The van der Waals surface area contributed by atoms with Crippen molar-refractivity contribution in [3.8, 4) is 0 Å². The van der Waals surface area contributed by atoms with Gasteiger partial charge in [-0.2, -0.15) is 0 Å². The summed E-state index contributed by atoms with van der Waals surface area (Å²) in [6.07, 6.45) is 0. The molecule has 0 bridgehead atoms. The maximum atomic E-state index is 12.2. The molecule has 0 unspecified atom stereocenters. The van der Waals surface area contributed by atoms with Crippen molar-refractivity contribution in [1.82, 2.24) is 10.6 Å². The van der Waals surface area contributed by atoms with E-state index in [4.69, 9.17) is 0 Å².